The number of hydrogen-bond acceptors (Lipinski definition) is 4. The highest BCUT2D eigenvalue weighted by atomic mass is 16.6. The number of carbonyl (C=O) groups is 3. The van der Waals surface area contributed by atoms with Crippen molar-refractivity contribution in [3.8, 4) is 0 Å². The molecule has 0 saturated heterocycles. The fourth-order valence-electron chi connectivity index (χ4n) is 4.00. The van der Waals surface area contributed by atoms with Crippen LogP contribution in [0.1, 0.15) is 62.8 Å². The molecule has 1 unspecified atom stereocenters. The van der Waals surface area contributed by atoms with Gasteiger partial charge < -0.3 is 20.3 Å². The number of nitrogens with one attached hydrogen (secondary N) is 2. The van der Waals surface area contributed by atoms with E-state index < -0.39 is 17.7 Å². The number of nitrogens with zero attached hydrogens (tertiary/aromatic N) is 1. The zero-order chi connectivity index (χ0) is 24.9. The maximum absolute atomic E-state index is 13.7. The molecule has 3 amide bonds. The monoisotopic (exact) mass is 465 g/mol. The first-order valence-electron chi connectivity index (χ1n) is 11.8. The van der Waals surface area contributed by atoms with Crippen molar-refractivity contribution in [2.24, 2.45) is 0 Å². The van der Waals surface area contributed by atoms with Crippen LogP contribution in [-0.4, -0.2) is 41.0 Å². The van der Waals surface area contributed by atoms with Gasteiger partial charge in [0.1, 0.15) is 18.2 Å². The van der Waals surface area contributed by atoms with E-state index in [0.29, 0.717) is 5.69 Å². The van der Waals surface area contributed by atoms with E-state index in [1.54, 1.807) is 25.7 Å². The number of benzene rings is 2. The van der Waals surface area contributed by atoms with Crippen molar-refractivity contribution in [1.82, 2.24) is 10.2 Å². The Labute approximate surface area is 201 Å². The zero-order valence-corrected chi connectivity index (χ0v) is 20.7. The molecule has 0 heterocycles. The van der Waals surface area contributed by atoms with Crippen molar-refractivity contribution in [2.45, 2.75) is 71.6 Å². The summed E-state index contributed by atoms with van der Waals surface area (Å²) < 4.78 is 5.27. The summed E-state index contributed by atoms with van der Waals surface area (Å²) in [7, 11) is 0. The quantitative estimate of drug-likeness (QED) is 0.610. The molecule has 0 aliphatic heterocycles. The highest BCUT2D eigenvalue weighted by Gasteiger charge is 2.39. The van der Waals surface area contributed by atoms with E-state index in [2.05, 4.69) is 10.6 Å². The summed E-state index contributed by atoms with van der Waals surface area (Å²) in [5.41, 5.74) is 2.67. The highest BCUT2D eigenvalue weighted by molar-refractivity contribution is 5.99. The molecule has 3 rings (SSSR count). The predicted molar refractivity (Wildman–Crippen MR) is 132 cm³/mol. The van der Waals surface area contributed by atoms with E-state index >= 15 is 0 Å². The number of amides is 3. The van der Waals surface area contributed by atoms with E-state index in [0.717, 1.165) is 36.0 Å². The summed E-state index contributed by atoms with van der Waals surface area (Å²) in [6, 6.07) is 14.3. The summed E-state index contributed by atoms with van der Waals surface area (Å²) in [4.78, 5) is 41.0. The van der Waals surface area contributed by atoms with Gasteiger partial charge in [-0.15, -0.1) is 0 Å². The Bertz CT molecular complexity index is 1040. The lowest BCUT2D eigenvalue weighted by Gasteiger charge is -2.42. The van der Waals surface area contributed by atoms with Gasteiger partial charge in [0.05, 0.1) is 0 Å². The van der Waals surface area contributed by atoms with Crippen molar-refractivity contribution < 1.29 is 19.1 Å². The van der Waals surface area contributed by atoms with Crippen LogP contribution in [0.3, 0.4) is 0 Å². The Balaban J connectivity index is 1.91. The lowest BCUT2D eigenvalue weighted by Crippen LogP contribution is -2.53. The van der Waals surface area contributed by atoms with Gasteiger partial charge in [-0.2, -0.15) is 0 Å². The number of anilines is 1. The third-order valence-electron chi connectivity index (χ3n) is 5.95. The molecule has 1 aliphatic carbocycles. The number of aryl methyl sites for hydroxylation is 2. The van der Waals surface area contributed by atoms with Gasteiger partial charge in [-0.1, -0.05) is 42.5 Å². The van der Waals surface area contributed by atoms with E-state index in [9.17, 15) is 14.4 Å². The molecule has 7 heteroatoms. The summed E-state index contributed by atoms with van der Waals surface area (Å²) in [6.45, 7) is 8.91. The summed E-state index contributed by atoms with van der Waals surface area (Å²) in [6.07, 6.45) is 1.97. The molecule has 0 bridgehead atoms. The summed E-state index contributed by atoms with van der Waals surface area (Å²) in [5.74, 6) is -0.593. The second kappa shape index (κ2) is 10.7. The summed E-state index contributed by atoms with van der Waals surface area (Å²) in [5, 5.41) is 5.58. The second-order valence-electron chi connectivity index (χ2n) is 9.80. The fraction of sp³-hybridized carbons (Fsp3) is 0.444. The van der Waals surface area contributed by atoms with Crippen molar-refractivity contribution >= 4 is 23.6 Å². The first-order chi connectivity index (χ1) is 16.1. The molecular formula is C27H35N3O4. The van der Waals surface area contributed by atoms with E-state index in [-0.39, 0.29) is 24.4 Å². The third-order valence-corrected chi connectivity index (χ3v) is 5.95. The molecule has 0 aromatic heterocycles. The largest absolute Gasteiger partial charge is 0.444 e. The van der Waals surface area contributed by atoms with Crippen molar-refractivity contribution in [3.05, 3.63) is 65.2 Å². The molecule has 0 radical (unpaired) electrons. The maximum atomic E-state index is 13.7. The van der Waals surface area contributed by atoms with Crippen LogP contribution in [0.5, 0.6) is 0 Å². The molecule has 1 aliphatic rings. The Kier molecular flexibility index (Phi) is 7.97. The Morgan fingerprint density at radius 1 is 1.00 bits per heavy atom. The minimum atomic E-state index is -0.820. The zero-order valence-electron chi connectivity index (χ0n) is 20.7. The molecule has 1 fully saturated rings. The van der Waals surface area contributed by atoms with Crippen LogP contribution >= 0.6 is 0 Å². The smallest absolute Gasteiger partial charge is 0.408 e. The van der Waals surface area contributed by atoms with Gasteiger partial charge in [0.15, 0.2) is 0 Å². The van der Waals surface area contributed by atoms with Gasteiger partial charge in [0.2, 0.25) is 5.91 Å². The molecule has 7 nitrogen and oxygen atoms in total. The van der Waals surface area contributed by atoms with E-state index in [1.807, 2.05) is 62.4 Å². The first kappa shape index (κ1) is 25.3. The molecule has 182 valence electrons. The third kappa shape index (κ3) is 6.37. The van der Waals surface area contributed by atoms with Crippen LogP contribution in [0, 0.1) is 13.8 Å². The topological polar surface area (TPSA) is 87.7 Å². The minimum Gasteiger partial charge on any atom is -0.444 e. The number of alkyl carbamates (subject to hydrolysis) is 1. The second-order valence-corrected chi connectivity index (χ2v) is 9.80. The van der Waals surface area contributed by atoms with Gasteiger partial charge >= 0.3 is 6.09 Å². The molecule has 0 spiro atoms. The van der Waals surface area contributed by atoms with Crippen molar-refractivity contribution in [2.75, 3.05) is 11.9 Å². The van der Waals surface area contributed by atoms with Crippen LogP contribution < -0.4 is 10.6 Å². The first-order valence-corrected chi connectivity index (χ1v) is 11.8. The van der Waals surface area contributed by atoms with Gasteiger partial charge in [0, 0.05) is 11.7 Å². The van der Waals surface area contributed by atoms with E-state index in [4.69, 9.17) is 4.74 Å². The number of para-hydroxylation sites is 1. The number of hydrogen-bond donors (Lipinski definition) is 2. The van der Waals surface area contributed by atoms with Gasteiger partial charge in [-0.05, 0) is 76.6 Å². The maximum Gasteiger partial charge on any atom is 0.408 e. The number of carbonyl (C=O) groups excluding carboxylic acids is 3. The van der Waals surface area contributed by atoms with Crippen LogP contribution in [0.2, 0.25) is 0 Å². The van der Waals surface area contributed by atoms with Crippen LogP contribution in [0.25, 0.3) is 0 Å². The average Bonchev–Trinajstić information content (AvgIpc) is 2.72. The predicted octanol–water partition coefficient (Wildman–Crippen LogP) is 4.89. The molecule has 2 aromatic rings. The molecule has 2 N–H and O–H groups in total. The van der Waals surface area contributed by atoms with Gasteiger partial charge in [-0.3, -0.25) is 9.59 Å². The molecule has 1 atom stereocenters. The Hall–Kier alpha value is -3.35. The molecule has 2 aromatic carbocycles. The van der Waals surface area contributed by atoms with E-state index in [1.165, 1.54) is 0 Å². The SMILES string of the molecule is Cc1ccccc1NC(=O)C(c1ccccc1C)N(C(=O)CNC(=O)OC(C)(C)C)C1CCC1. The Morgan fingerprint density at radius 2 is 1.62 bits per heavy atom. The fourth-order valence-corrected chi connectivity index (χ4v) is 4.00. The number of ether oxygens (including phenoxy) is 1. The van der Waals surface area contributed by atoms with Gasteiger partial charge in [0.25, 0.3) is 5.91 Å². The van der Waals surface area contributed by atoms with Crippen LogP contribution in [0.15, 0.2) is 48.5 Å². The summed E-state index contributed by atoms with van der Waals surface area (Å²) >= 11 is 0. The highest BCUT2D eigenvalue weighted by Crippen LogP contribution is 2.35. The molecule has 34 heavy (non-hydrogen) atoms. The van der Waals surface area contributed by atoms with Crippen LogP contribution in [-0.2, 0) is 14.3 Å². The minimum absolute atomic E-state index is 0.0693. The van der Waals surface area contributed by atoms with Crippen LogP contribution in [0.4, 0.5) is 10.5 Å². The Morgan fingerprint density at radius 3 is 2.18 bits per heavy atom. The normalized spacial score (nSPS) is 14.5. The lowest BCUT2D eigenvalue weighted by atomic mass is 9.88. The standard InChI is InChI=1S/C27H35N3O4/c1-18-11-6-8-15-21(18)24(25(32)29-22-16-9-7-12-19(22)2)30(20-13-10-14-20)23(31)17-28-26(33)34-27(3,4)5/h6-9,11-12,15-16,20,24H,10,13-14,17H2,1-5H3,(H,28,33)(H,29,32). The van der Waals surface area contributed by atoms with Gasteiger partial charge in [-0.25, -0.2) is 4.79 Å². The van der Waals surface area contributed by atoms with Crippen molar-refractivity contribution in [1.29, 1.82) is 0 Å². The molecular weight excluding hydrogens is 430 g/mol. The van der Waals surface area contributed by atoms with Crippen molar-refractivity contribution in [3.63, 3.8) is 0 Å². The average molecular weight is 466 g/mol. The lowest BCUT2D eigenvalue weighted by molar-refractivity contribution is -0.143. The number of rotatable bonds is 7. The molecule has 1 saturated carbocycles.